The van der Waals surface area contributed by atoms with Crippen molar-refractivity contribution in [2.75, 3.05) is 5.73 Å². The largest absolute Gasteiger partial charge is 0.508 e. The molecule has 0 radical (unpaired) electrons. The van der Waals surface area contributed by atoms with Crippen LogP contribution in [-0.2, 0) is 19.3 Å². The summed E-state index contributed by atoms with van der Waals surface area (Å²) in [6, 6.07) is 20.3. The molecule has 0 unspecified atom stereocenters. The van der Waals surface area contributed by atoms with Crippen molar-refractivity contribution in [2.24, 2.45) is 4.99 Å². The Morgan fingerprint density at radius 3 is 2.10 bits per heavy atom. The average molecular weight is 401 g/mol. The summed E-state index contributed by atoms with van der Waals surface area (Å²) in [6.45, 7) is 6.48. The number of hydrogen-bond donors (Lipinski definition) is 2. The van der Waals surface area contributed by atoms with Gasteiger partial charge in [-0.1, -0.05) is 51.5 Å². The lowest BCUT2D eigenvalue weighted by Crippen LogP contribution is -2.01. The molecular weight excluding hydrogens is 368 g/mol. The van der Waals surface area contributed by atoms with Gasteiger partial charge in [0.05, 0.1) is 5.69 Å². The SMILES string of the molecule is CCC/C(=N\c1ccc(Cc2ccc(N)c(CC)c2)cc1CC)c1ccc(O)cc1. The molecule has 0 aromatic heterocycles. The van der Waals surface area contributed by atoms with E-state index in [-0.39, 0.29) is 5.75 Å². The molecule has 3 heteroatoms. The molecule has 0 heterocycles. The first-order valence-electron chi connectivity index (χ1n) is 10.9. The van der Waals surface area contributed by atoms with E-state index in [0.717, 1.165) is 54.8 Å². The van der Waals surface area contributed by atoms with Crippen molar-refractivity contribution >= 4 is 17.1 Å². The van der Waals surface area contributed by atoms with Gasteiger partial charge in [-0.25, -0.2) is 0 Å². The summed E-state index contributed by atoms with van der Waals surface area (Å²) in [4.78, 5) is 5.02. The van der Waals surface area contributed by atoms with Crippen LogP contribution in [0.1, 0.15) is 61.4 Å². The summed E-state index contributed by atoms with van der Waals surface area (Å²) in [7, 11) is 0. The number of phenols is 1. The second-order valence-electron chi connectivity index (χ2n) is 7.74. The van der Waals surface area contributed by atoms with Crippen molar-refractivity contribution in [3.05, 3.63) is 88.5 Å². The Hall–Kier alpha value is -3.07. The number of phenolic OH excluding ortho intramolecular Hbond substituents is 1. The van der Waals surface area contributed by atoms with Gasteiger partial charge in [-0.15, -0.1) is 0 Å². The van der Waals surface area contributed by atoms with E-state index >= 15 is 0 Å². The number of nitrogen functional groups attached to an aromatic ring is 1. The van der Waals surface area contributed by atoms with Crippen molar-refractivity contribution in [3.8, 4) is 5.75 Å². The van der Waals surface area contributed by atoms with E-state index in [1.807, 2.05) is 18.2 Å². The van der Waals surface area contributed by atoms with E-state index < -0.39 is 0 Å². The second kappa shape index (κ2) is 10.1. The fourth-order valence-corrected chi connectivity index (χ4v) is 3.75. The van der Waals surface area contributed by atoms with E-state index in [1.165, 1.54) is 22.3 Å². The summed E-state index contributed by atoms with van der Waals surface area (Å²) in [6.07, 6.45) is 4.70. The minimum absolute atomic E-state index is 0.280. The zero-order valence-corrected chi connectivity index (χ0v) is 18.3. The molecular formula is C27H32N2O. The number of hydrogen-bond acceptors (Lipinski definition) is 3. The highest BCUT2D eigenvalue weighted by Crippen LogP contribution is 2.26. The number of nitrogens with two attached hydrogens (primary N) is 1. The third kappa shape index (κ3) is 5.29. The topological polar surface area (TPSA) is 58.6 Å². The number of aliphatic imine (C=N–C) groups is 1. The molecule has 156 valence electrons. The lowest BCUT2D eigenvalue weighted by Gasteiger charge is -2.12. The van der Waals surface area contributed by atoms with Crippen LogP contribution in [0, 0.1) is 0 Å². The quantitative estimate of drug-likeness (QED) is 0.330. The van der Waals surface area contributed by atoms with Crippen molar-refractivity contribution in [3.63, 3.8) is 0 Å². The van der Waals surface area contributed by atoms with Crippen LogP contribution in [0.15, 0.2) is 65.7 Å². The maximum absolute atomic E-state index is 9.59. The second-order valence-corrected chi connectivity index (χ2v) is 7.74. The zero-order chi connectivity index (χ0) is 21.5. The Kier molecular flexibility index (Phi) is 7.29. The maximum Gasteiger partial charge on any atom is 0.115 e. The highest BCUT2D eigenvalue weighted by atomic mass is 16.3. The summed E-state index contributed by atoms with van der Waals surface area (Å²) < 4.78 is 0. The van der Waals surface area contributed by atoms with Crippen molar-refractivity contribution in [1.29, 1.82) is 0 Å². The normalized spacial score (nSPS) is 11.6. The molecule has 0 atom stereocenters. The van der Waals surface area contributed by atoms with Crippen molar-refractivity contribution in [1.82, 2.24) is 0 Å². The molecule has 0 spiro atoms. The zero-order valence-electron chi connectivity index (χ0n) is 18.3. The number of benzene rings is 3. The Morgan fingerprint density at radius 1 is 0.833 bits per heavy atom. The molecule has 0 aliphatic rings. The number of anilines is 1. The van der Waals surface area contributed by atoms with Crippen molar-refractivity contribution in [2.45, 2.75) is 52.9 Å². The van der Waals surface area contributed by atoms with Gasteiger partial charge in [0.15, 0.2) is 0 Å². The summed E-state index contributed by atoms with van der Waals surface area (Å²) >= 11 is 0. The lowest BCUT2D eigenvalue weighted by atomic mass is 9.98. The van der Waals surface area contributed by atoms with Crippen LogP contribution < -0.4 is 5.73 Å². The van der Waals surface area contributed by atoms with Gasteiger partial charge >= 0.3 is 0 Å². The van der Waals surface area contributed by atoms with E-state index in [1.54, 1.807) is 12.1 Å². The predicted molar refractivity (Wildman–Crippen MR) is 128 cm³/mol. The molecule has 3 aromatic carbocycles. The molecule has 0 saturated carbocycles. The summed E-state index contributed by atoms with van der Waals surface area (Å²) in [5.74, 6) is 0.280. The smallest absolute Gasteiger partial charge is 0.115 e. The molecule has 3 nitrogen and oxygen atoms in total. The van der Waals surface area contributed by atoms with Gasteiger partial charge in [-0.05, 0) is 89.9 Å². The van der Waals surface area contributed by atoms with Crippen LogP contribution in [0.2, 0.25) is 0 Å². The third-order valence-electron chi connectivity index (χ3n) is 5.46. The van der Waals surface area contributed by atoms with Gasteiger partial charge in [0, 0.05) is 11.4 Å². The fourth-order valence-electron chi connectivity index (χ4n) is 3.75. The molecule has 3 N–H and O–H groups in total. The van der Waals surface area contributed by atoms with Gasteiger partial charge in [-0.2, -0.15) is 0 Å². The van der Waals surface area contributed by atoms with Crippen LogP contribution in [-0.4, -0.2) is 10.8 Å². The first kappa shape index (κ1) is 21.6. The summed E-state index contributed by atoms with van der Waals surface area (Å²) in [5.41, 5.74) is 15.1. The molecule has 0 amide bonds. The highest BCUT2D eigenvalue weighted by molar-refractivity contribution is 6.02. The number of nitrogens with zero attached hydrogens (tertiary/aromatic N) is 1. The number of rotatable bonds is 8. The predicted octanol–water partition coefficient (Wildman–Crippen LogP) is 6.61. The van der Waals surface area contributed by atoms with Crippen LogP contribution in [0.3, 0.4) is 0 Å². The standard InChI is InChI=1S/C27H32N2O/c1-4-7-26(23-10-12-24(30)13-11-23)29-27-15-9-20(18-22(27)6-3)16-19-8-14-25(28)21(5-2)17-19/h8-15,17-18,30H,4-7,16,28H2,1-3H3/b29-26+. The summed E-state index contributed by atoms with van der Waals surface area (Å²) in [5, 5.41) is 9.59. The average Bonchev–Trinajstić information content (AvgIpc) is 2.76. The Morgan fingerprint density at radius 2 is 1.47 bits per heavy atom. The van der Waals surface area contributed by atoms with Gasteiger partial charge < -0.3 is 10.8 Å². The molecule has 0 aliphatic carbocycles. The van der Waals surface area contributed by atoms with Crippen LogP contribution in [0.5, 0.6) is 5.75 Å². The molecule has 3 aromatic rings. The van der Waals surface area contributed by atoms with E-state index in [9.17, 15) is 5.11 Å². The maximum atomic E-state index is 9.59. The van der Waals surface area contributed by atoms with Gasteiger partial charge in [0.2, 0.25) is 0 Å². The monoisotopic (exact) mass is 400 g/mol. The molecule has 0 bridgehead atoms. The van der Waals surface area contributed by atoms with Crippen LogP contribution in [0.25, 0.3) is 0 Å². The lowest BCUT2D eigenvalue weighted by molar-refractivity contribution is 0.475. The van der Waals surface area contributed by atoms with E-state index in [0.29, 0.717) is 0 Å². The van der Waals surface area contributed by atoms with Crippen LogP contribution >= 0.6 is 0 Å². The first-order valence-corrected chi connectivity index (χ1v) is 10.9. The molecule has 3 rings (SSSR count). The third-order valence-corrected chi connectivity index (χ3v) is 5.46. The Labute approximate surface area is 180 Å². The molecule has 30 heavy (non-hydrogen) atoms. The van der Waals surface area contributed by atoms with Gasteiger partial charge in [-0.3, -0.25) is 4.99 Å². The highest BCUT2D eigenvalue weighted by Gasteiger charge is 2.08. The number of aromatic hydroxyl groups is 1. The molecule has 0 fully saturated rings. The van der Waals surface area contributed by atoms with Crippen LogP contribution in [0.4, 0.5) is 11.4 Å². The van der Waals surface area contributed by atoms with Gasteiger partial charge in [0.1, 0.15) is 5.75 Å². The molecule has 0 aliphatic heterocycles. The molecule has 0 saturated heterocycles. The van der Waals surface area contributed by atoms with Crippen molar-refractivity contribution < 1.29 is 5.11 Å². The minimum Gasteiger partial charge on any atom is -0.508 e. The number of aryl methyl sites for hydroxylation is 2. The minimum atomic E-state index is 0.280. The first-order chi connectivity index (χ1) is 14.5. The van der Waals surface area contributed by atoms with E-state index in [2.05, 4.69) is 51.1 Å². The Balaban J connectivity index is 1.90. The van der Waals surface area contributed by atoms with E-state index in [4.69, 9.17) is 10.7 Å². The Bertz CT molecular complexity index is 1020. The fraction of sp³-hybridized carbons (Fsp3) is 0.296. The van der Waals surface area contributed by atoms with Gasteiger partial charge in [0.25, 0.3) is 0 Å².